The quantitative estimate of drug-likeness (QED) is 0.798. The fraction of sp³-hybridized carbons (Fsp3) is 0.647. The molecule has 0 radical (unpaired) electrons. The van der Waals surface area contributed by atoms with Crippen LogP contribution in [-0.4, -0.2) is 12.6 Å². The van der Waals surface area contributed by atoms with E-state index in [1.54, 1.807) is 0 Å². The van der Waals surface area contributed by atoms with Gasteiger partial charge < -0.3 is 5.32 Å². The van der Waals surface area contributed by atoms with Crippen molar-refractivity contribution < 1.29 is 0 Å². The van der Waals surface area contributed by atoms with E-state index in [4.69, 9.17) is 11.6 Å². The van der Waals surface area contributed by atoms with Gasteiger partial charge in [-0.2, -0.15) is 0 Å². The van der Waals surface area contributed by atoms with Crippen molar-refractivity contribution in [1.82, 2.24) is 5.32 Å². The molecule has 1 aliphatic rings. The standard InChI is InChI=1S/C17H26ClN/c1-12-9-14(16(18)10-13(12)2)7-8-17(3,4)11-19-15-5-6-15/h9-10,15,19H,5-8,11H2,1-4H3. The van der Waals surface area contributed by atoms with Crippen molar-refractivity contribution >= 4 is 11.6 Å². The minimum absolute atomic E-state index is 0.338. The third-order valence-corrected chi connectivity index (χ3v) is 4.53. The molecule has 0 heterocycles. The normalized spacial score (nSPS) is 15.8. The summed E-state index contributed by atoms with van der Waals surface area (Å²) in [6, 6.07) is 5.15. The Labute approximate surface area is 122 Å². The summed E-state index contributed by atoms with van der Waals surface area (Å²) in [4.78, 5) is 0. The first-order valence-corrected chi connectivity index (χ1v) is 7.74. The van der Waals surface area contributed by atoms with Crippen molar-refractivity contribution in [3.05, 3.63) is 33.8 Å². The lowest BCUT2D eigenvalue weighted by Crippen LogP contribution is -2.31. The minimum atomic E-state index is 0.338. The van der Waals surface area contributed by atoms with Gasteiger partial charge in [-0.1, -0.05) is 31.5 Å². The largest absolute Gasteiger partial charge is 0.313 e. The molecule has 0 amide bonds. The summed E-state index contributed by atoms with van der Waals surface area (Å²) in [7, 11) is 0. The molecule has 2 rings (SSSR count). The molecule has 0 bridgehead atoms. The highest BCUT2D eigenvalue weighted by Gasteiger charge is 2.25. The molecule has 1 nitrogen and oxygen atoms in total. The van der Waals surface area contributed by atoms with E-state index in [1.807, 2.05) is 0 Å². The van der Waals surface area contributed by atoms with Gasteiger partial charge >= 0.3 is 0 Å². The van der Waals surface area contributed by atoms with Gasteiger partial charge in [0.05, 0.1) is 0 Å². The molecule has 1 fully saturated rings. The minimum Gasteiger partial charge on any atom is -0.313 e. The maximum Gasteiger partial charge on any atom is 0.0440 e. The highest BCUT2D eigenvalue weighted by molar-refractivity contribution is 6.31. The van der Waals surface area contributed by atoms with Crippen molar-refractivity contribution in [2.24, 2.45) is 5.41 Å². The predicted octanol–water partition coefficient (Wildman–Crippen LogP) is 4.67. The second kappa shape index (κ2) is 5.85. The molecule has 1 saturated carbocycles. The molecule has 1 N–H and O–H groups in total. The molecular formula is C17H26ClN. The fourth-order valence-corrected chi connectivity index (χ4v) is 2.61. The van der Waals surface area contributed by atoms with Crippen LogP contribution in [-0.2, 0) is 6.42 Å². The Morgan fingerprint density at radius 1 is 1.21 bits per heavy atom. The highest BCUT2D eigenvalue weighted by atomic mass is 35.5. The molecular weight excluding hydrogens is 254 g/mol. The van der Waals surface area contributed by atoms with Crippen LogP contribution in [0.5, 0.6) is 0 Å². The summed E-state index contributed by atoms with van der Waals surface area (Å²) < 4.78 is 0. The zero-order valence-corrected chi connectivity index (χ0v) is 13.4. The predicted molar refractivity (Wildman–Crippen MR) is 84.1 cm³/mol. The van der Waals surface area contributed by atoms with Crippen molar-refractivity contribution in [2.75, 3.05) is 6.54 Å². The number of hydrogen-bond acceptors (Lipinski definition) is 1. The summed E-state index contributed by atoms with van der Waals surface area (Å²) in [6.45, 7) is 10.1. The molecule has 19 heavy (non-hydrogen) atoms. The summed E-state index contributed by atoms with van der Waals surface area (Å²) in [5, 5.41) is 4.56. The Balaban J connectivity index is 1.91. The van der Waals surface area contributed by atoms with Gasteiger partial charge in [0.15, 0.2) is 0 Å². The Kier molecular flexibility index (Phi) is 4.58. The van der Waals surface area contributed by atoms with Crippen molar-refractivity contribution in [2.45, 2.75) is 59.4 Å². The van der Waals surface area contributed by atoms with Crippen LogP contribution >= 0.6 is 11.6 Å². The molecule has 0 unspecified atom stereocenters. The molecule has 0 aromatic heterocycles. The number of aryl methyl sites for hydroxylation is 3. The molecule has 2 heteroatoms. The average molecular weight is 280 g/mol. The van der Waals surface area contributed by atoms with Crippen LogP contribution in [0.15, 0.2) is 12.1 Å². The van der Waals surface area contributed by atoms with Gasteiger partial charge in [0, 0.05) is 17.6 Å². The number of nitrogens with one attached hydrogen (secondary N) is 1. The molecule has 1 aromatic carbocycles. The van der Waals surface area contributed by atoms with E-state index >= 15 is 0 Å². The van der Waals surface area contributed by atoms with Crippen molar-refractivity contribution in [3.8, 4) is 0 Å². The van der Waals surface area contributed by atoms with Gasteiger partial charge in [0.2, 0.25) is 0 Å². The number of hydrogen-bond donors (Lipinski definition) is 1. The van der Waals surface area contributed by atoms with Crippen LogP contribution in [0.4, 0.5) is 0 Å². The second-order valence-electron chi connectivity index (χ2n) is 6.85. The van der Waals surface area contributed by atoms with Crippen LogP contribution in [0.1, 0.15) is 49.8 Å². The zero-order valence-electron chi connectivity index (χ0n) is 12.6. The lowest BCUT2D eigenvalue weighted by Gasteiger charge is -2.25. The van der Waals surface area contributed by atoms with Crippen molar-refractivity contribution in [3.63, 3.8) is 0 Å². The number of halogens is 1. The highest BCUT2D eigenvalue weighted by Crippen LogP contribution is 2.28. The SMILES string of the molecule is Cc1cc(Cl)c(CCC(C)(C)CNC2CC2)cc1C. The summed E-state index contributed by atoms with van der Waals surface area (Å²) >= 11 is 6.35. The maximum absolute atomic E-state index is 6.35. The zero-order chi connectivity index (χ0) is 14.0. The molecule has 0 aliphatic heterocycles. The van der Waals surface area contributed by atoms with E-state index in [0.717, 1.165) is 24.0 Å². The molecule has 1 aliphatic carbocycles. The van der Waals surface area contributed by atoms with E-state index in [0.29, 0.717) is 5.41 Å². The van der Waals surface area contributed by atoms with Gasteiger partial charge in [0.1, 0.15) is 0 Å². The van der Waals surface area contributed by atoms with Gasteiger partial charge in [-0.3, -0.25) is 0 Å². The monoisotopic (exact) mass is 279 g/mol. The topological polar surface area (TPSA) is 12.0 Å². The van der Waals surface area contributed by atoms with Crippen LogP contribution < -0.4 is 5.32 Å². The molecule has 0 saturated heterocycles. The molecule has 0 spiro atoms. The number of benzene rings is 1. The Bertz CT molecular complexity index is 447. The first-order valence-electron chi connectivity index (χ1n) is 7.36. The summed E-state index contributed by atoms with van der Waals surface area (Å²) in [6.07, 6.45) is 4.96. The Hall–Kier alpha value is -0.530. The van der Waals surface area contributed by atoms with Gasteiger partial charge in [0.25, 0.3) is 0 Å². The van der Waals surface area contributed by atoms with Crippen LogP contribution in [0.2, 0.25) is 5.02 Å². The average Bonchev–Trinajstić information content (AvgIpc) is 3.14. The lowest BCUT2D eigenvalue weighted by atomic mass is 9.85. The lowest BCUT2D eigenvalue weighted by molar-refractivity contribution is 0.313. The second-order valence-corrected chi connectivity index (χ2v) is 7.25. The van der Waals surface area contributed by atoms with E-state index in [-0.39, 0.29) is 0 Å². The van der Waals surface area contributed by atoms with Crippen LogP contribution in [0.25, 0.3) is 0 Å². The maximum atomic E-state index is 6.35. The van der Waals surface area contributed by atoms with Crippen LogP contribution in [0, 0.1) is 19.3 Å². The third-order valence-electron chi connectivity index (χ3n) is 4.18. The molecule has 106 valence electrons. The van der Waals surface area contributed by atoms with E-state index in [9.17, 15) is 0 Å². The van der Waals surface area contributed by atoms with Gasteiger partial charge in [-0.15, -0.1) is 0 Å². The number of rotatable bonds is 6. The van der Waals surface area contributed by atoms with E-state index in [1.165, 1.54) is 36.0 Å². The molecule has 0 atom stereocenters. The first-order chi connectivity index (χ1) is 8.87. The smallest absolute Gasteiger partial charge is 0.0440 e. The Morgan fingerprint density at radius 3 is 2.47 bits per heavy atom. The van der Waals surface area contributed by atoms with E-state index in [2.05, 4.69) is 45.1 Å². The molecule has 1 aromatic rings. The van der Waals surface area contributed by atoms with E-state index < -0.39 is 0 Å². The van der Waals surface area contributed by atoms with Gasteiger partial charge in [-0.25, -0.2) is 0 Å². The first kappa shape index (κ1) is 14.9. The fourth-order valence-electron chi connectivity index (χ4n) is 2.30. The van der Waals surface area contributed by atoms with Crippen LogP contribution in [0.3, 0.4) is 0 Å². The summed E-state index contributed by atoms with van der Waals surface area (Å²) in [5.74, 6) is 0. The Morgan fingerprint density at radius 2 is 1.84 bits per heavy atom. The van der Waals surface area contributed by atoms with Gasteiger partial charge in [-0.05, 0) is 67.7 Å². The van der Waals surface area contributed by atoms with Crippen molar-refractivity contribution in [1.29, 1.82) is 0 Å². The third kappa shape index (κ3) is 4.50. The summed E-state index contributed by atoms with van der Waals surface area (Å²) in [5.41, 5.74) is 4.26.